The van der Waals surface area contributed by atoms with E-state index in [0.29, 0.717) is 31.9 Å². The van der Waals surface area contributed by atoms with Crippen molar-refractivity contribution in [2.24, 2.45) is 11.5 Å². The Bertz CT molecular complexity index is 1180. The van der Waals surface area contributed by atoms with Crippen molar-refractivity contribution in [1.29, 1.82) is 0 Å². The minimum Gasteiger partial charge on any atom is -0.379 e. The lowest BCUT2D eigenvalue weighted by molar-refractivity contribution is -0.137. The van der Waals surface area contributed by atoms with Crippen LogP contribution in [0, 0.1) is 0 Å². The number of nitrogens with two attached hydrogens (primary N) is 2. The fourth-order valence-electron chi connectivity index (χ4n) is 4.79. The van der Waals surface area contributed by atoms with Gasteiger partial charge in [-0.3, -0.25) is 19.6 Å². The molecule has 2 atom stereocenters. The molecule has 0 aliphatic carbocycles. The quantitative estimate of drug-likeness (QED) is 0.483. The molecule has 0 radical (unpaired) electrons. The predicted octanol–water partition coefficient (Wildman–Crippen LogP) is 0.194. The molecule has 2 aliphatic heterocycles. The molecule has 0 spiro atoms. The molecule has 2 fully saturated rings. The number of methoxy groups -OCH3 is 1. The number of piperazine rings is 1. The average Bonchev–Trinajstić information content (AvgIpc) is 2.89. The van der Waals surface area contributed by atoms with E-state index in [1.54, 1.807) is 43.0 Å². The first-order valence-electron chi connectivity index (χ1n) is 12.9. The Morgan fingerprint density at radius 2 is 1.74 bits per heavy atom. The van der Waals surface area contributed by atoms with E-state index < -0.39 is 11.2 Å². The molecule has 12 heteroatoms. The van der Waals surface area contributed by atoms with Crippen LogP contribution in [0.3, 0.4) is 0 Å². The fourth-order valence-corrected chi connectivity index (χ4v) is 4.79. The van der Waals surface area contributed by atoms with Gasteiger partial charge in [-0.2, -0.15) is 4.98 Å². The molecule has 5 N–H and O–H groups in total. The number of piperidine rings is 1. The molecule has 12 nitrogen and oxygen atoms in total. The number of amides is 3. The second-order valence-electron chi connectivity index (χ2n) is 10.5. The highest BCUT2D eigenvalue weighted by molar-refractivity contribution is 5.89. The normalized spacial score (nSPS) is 20.9. The highest BCUT2D eigenvalue weighted by atomic mass is 16.5. The van der Waals surface area contributed by atoms with Gasteiger partial charge in [0.25, 0.3) is 0 Å². The number of likely N-dealkylation sites (tertiary alicyclic amines) is 1. The maximum absolute atomic E-state index is 12.7. The monoisotopic (exact) mass is 526 g/mol. The summed E-state index contributed by atoms with van der Waals surface area (Å²) in [5.41, 5.74) is 12.4. The van der Waals surface area contributed by atoms with E-state index in [-0.39, 0.29) is 29.9 Å². The molecule has 3 heterocycles. The first-order valence-corrected chi connectivity index (χ1v) is 12.9. The summed E-state index contributed by atoms with van der Waals surface area (Å²) in [6.45, 7) is 7.35. The van der Waals surface area contributed by atoms with Crippen LogP contribution in [-0.4, -0.2) is 100 Å². The lowest BCUT2D eigenvalue weighted by Crippen LogP contribution is -2.58. The van der Waals surface area contributed by atoms with Gasteiger partial charge in [-0.05, 0) is 44.0 Å². The van der Waals surface area contributed by atoms with E-state index in [1.807, 2.05) is 24.3 Å². The van der Waals surface area contributed by atoms with Crippen LogP contribution in [0.2, 0.25) is 0 Å². The smallest absolute Gasteiger partial charge is 0.354 e. The lowest BCUT2D eigenvalue weighted by Gasteiger charge is -2.37. The van der Waals surface area contributed by atoms with Crippen molar-refractivity contribution >= 4 is 17.8 Å². The minimum absolute atomic E-state index is 0.0315. The molecule has 0 unspecified atom stereocenters. The SMILES string of the molecule is CO[C@@H]1CN(Cc2ccc(-n3ccc(NC(=O)N4CCN(C(=O)C(C)(C)N)CC4)nc3=O)cc2)CC[C@H]1N. The van der Waals surface area contributed by atoms with Crippen molar-refractivity contribution < 1.29 is 14.3 Å². The summed E-state index contributed by atoms with van der Waals surface area (Å²) in [5.74, 6) is 0.0253. The molecule has 3 amide bonds. The number of carbonyl (C=O) groups is 2. The summed E-state index contributed by atoms with van der Waals surface area (Å²) in [5, 5.41) is 2.68. The zero-order chi connectivity index (χ0) is 27.4. The number of nitrogens with zero attached hydrogens (tertiary/aromatic N) is 5. The van der Waals surface area contributed by atoms with E-state index in [4.69, 9.17) is 16.2 Å². The van der Waals surface area contributed by atoms with Crippen molar-refractivity contribution in [2.45, 2.75) is 44.5 Å². The molecule has 4 rings (SSSR count). The molecule has 206 valence electrons. The standard InChI is InChI=1S/C26H38N8O4/c1-26(2,28)23(35)32-12-14-33(15-13-32)24(36)29-22-9-11-34(25(37)30-22)19-6-4-18(5-7-19)16-31-10-8-20(27)21(17-31)38-3/h4-7,9,11,20-21H,8,10,12-17,27-28H2,1-3H3,(H,29,30,36,37)/t20-,21-/m1/s1. The van der Waals surface area contributed by atoms with Gasteiger partial charge in [-0.1, -0.05) is 12.1 Å². The van der Waals surface area contributed by atoms with E-state index in [9.17, 15) is 14.4 Å². The molecule has 0 bridgehead atoms. The van der Waals surface area contributed by atoms with Gasteiger partial charge in [0.15, 0.2) is 0 Å². The number of hydrogen-bond acceptors (Lipinski definition) is 8. The Kier molecular flexibility index (Phi) is 8.46. The van der Waals surface area contributed by atoms with Crippen LogP contribution >= 0.6 is 0 Å². The molecular formula is C26H38N8O4. The summed E-state index contributed by atoms with van der Waals surface area (Å²) < 4.78 is 6.92. The Hall–Kier alpha value is -3.32. The van der Waals surface area contributed by atoms with Gasteiger partial charge in [-0.15, -0.1) is 0 Å². The number of ether oxygens (including phenoxy) is 1. The van der Waals surface area contributed by atoms with E-state index >= 15 is 0 Å². The lowest BCUT2D eigenvalue weighted by atomic mass is 10.0. The van der Waals surface area contributed by atoms with Gasteiger partial charge in [0.05, 0.1) is 17.3 Å². The van der Waals surface area contributed by atoms with Gasteiger partial charge < -0.3 is 26.0 Å². The van der Waals surface area contributed by atoms with Crippen LogP contribution in [0.5, 0.6) is 0 Å². The van der Waals surface area contributed by atoms with Crippen molar-refractivity contribution in [3.63, 3.8) is 0 Å². The number of carbonyl (C=O) groups excluding carboxylic acids is 2. The van der Waals surface area contributed by atoms with Crippen molar-refractivity contribution in [3.8, 4) is 5.69 Å². The van der Waals surface area contributed by atoms with Gasteiger partial charge in [0, 0.05) is 65.2 Å². The molecule has 1 aromatic heterocycles. The van der Waals surface area contributed by atoms with Gasteiger partial charge in [-0.25, -0.2) is 9.59 Å². The van der Waals surface area contributed by atoms with E-state index in [1.165, 1.54) is 4.57 Å². The summed E-state index contributed by atoms with van der Waals surface area (Å²) in [4.78, 5) is 47.3. The van der Waals surface area contributed by atoms with E-state index in [2.05, 4.69) is 15.2 Å². The Morgan fingerprint density at radius 3 is 2.34 bits per heavy atom. The van der Waals surface area contributed by atoms with Crippen LogP contribution in [0.15, 0.2) is 41.3 Å². The van der Waals surface area contributed by atoms with Crippen LogP contribution in [0.4, 0.5) is 10.6 Å². The summed E-state index contributed by atoms with van der Waals surface area (Å²) in [6, 6.07) is 9.02. The molecule has 2 aromatic rings. The number of aromatic nitrogens is 2. The average molecular weight is 527 g/mol. The van der Waals surface area contributed by atoms with Crippen LogP contribution < -0.4 is 22.5 Å². The summed E-state index contributed by atoms with van der Waals surface area (Å²) >= 11 is 0. The summed E-state index contributed by atoms with van der Waals surface area (Å²) in [7, 11) is 1.69. The molecule has 0 saturated carbocycles. The molecule has 1 aromatic carbocycles. The molecular weight excluding hydrogens is 488 g/mol. The third kappa shape index (κ3) is 6.57. The topological polar surface area (TPSA) is 152 Å². The minimum atomic E-state index is -0.950. The number of nitrogens with one attached hydrogen (secondary N) is 1. The summed E-state index contributed by atoms with van der Waals surface area (Å²) in [6.07, 6.45) is 2.52. The van der Waals surface area contributed by atoms with Crippen molar-refractivity contribution in [3.05, 3.63) is 52.6 Å². The zero-order valence-electron chi connectivity index (χ0n) is 22.3. The van der Waals surface area contributed by atoms with E-state index in [0.717, 1.165) is 31.6 Å². The van der Waals surface area contributed by atoms with Gasteiger partial charge >= 0.3 is 11.7 Å². The second kappa shape index (κ2) is 11.6. The zero-order valence-corrected chi connectivity index (χ0v) is 22.3. The van der Waals surface area contributed by atoms with Crippen LogP contribution in [0.25, 0.3) is 5.69 Å². The molecule has 2 saturated heterocycles. The van der Waals surface area contributed by atoms with Gasteiger partial charge in [0.2, 0.25) is 5.91 Å². The highest BCUT2D eigenvalue weighted by Gasteiger charge is 2.31. The van der Waals surface area contributed by atoms with Crippen LogP contribution in [-0.2, 0) is 16.1 Å². The maximum atomic E-state index is 12.7. The van der Waals surface area contributed by atoms with Gasteiger partial charge in [0.1, 0.15) is 5.82 Å². The van der Waals surface area contributed by atoms with Crippen molar-refractivity contribution in [1.82, 2.24) is 24.3 Å². The third-order valence-corrected chi connectivity index (χ3v) is 7.06. The highest BCUT2D eigenvalue weighted by Crippen LogP contribution is 2.17. The molecule has 2 aliphatic rings. The number of benzene rings is 1. The number of anilines is 1. The van der Waals surface area contributed by atoms with Crippen LogP contribution in [0.1, 0.15) is 25.8 Å². The number of rotatable bonds is 6. The first kappa shape index (κ1) is 27.7. The maximum Gasteiger partial charge on any atom is 0.354 e. The largest absolute Gasteiger partial charge is 0.379 e. The first-order chi connectivity index (χ1) is 18.0. The number of hydrogen-bond donors (Lipinski definition) is 3. The Balaban J connectivity index is 1.32. The Labute approximate surface area is 222 Å². The fraction of sp³-hybridized carbons (Fsp3) is 0.538. The molecule has 38 heavy (non-hydrogen) atoms. The third-order valence-electron chi connectivity index (χ3n) is 7.06. The van der Waals surface area contributed by atoms with Crippen molar-refractivity contribution in [2.75, 3.05) is 51.7 Å². The second-order valence-corrected chi connectivity index (χ2v) is 10.5. The Morgan fingerprint density at radius 1 is 1.08 bits per heavy atom. The number of urea groups is 1. The predicted molar refractivity (Wildman–Crippen MR) is 144 cm³/mol.